The lowest BCUT2D eigenvalue weighted by molar-refractivity contribution is -0.114. The zero-order valence-corrected chi connectivity index (χ0v) is 13.7. The van der Waals surface area contributed by atoms with Crippen molar-refractivity contribution in [1.29, 1.82) is 0 Å². The number of allylic oxidation sites excluding steroid dienone is 3. The zero-order chi connectivity index (χ0) is 16.6. The Balaban J connectivity index is 4.65. The molecule has 6 heteroatoms. The van der Waals surface area contributed by atoms with Crippen molar-refractivity contribution < 1.29 is 4.79 Å². The van der Waals surface area contributed by atoms with Gasteiger partial charge in [-0.1, -0.05) is 25.2 Å². The van der Waals surface area contributed by atoms with Gasteiger partial charge >= 0.3 is 0 Å². The predicted molar refractivity (Wildman–Crippen MR) is 94.3 cm³/mol. The van der Waals surface area contributed by atoms with E-state index in [1.54, 1.807) is 30.5 Å². The van der Waals surface area contributed by atoms with Crippen molar-refractivity contribution >= 4 is 17.8 Å². The summed E-state index contributed by atoms with van der Waals surface area (Å²) in [5.41, 5.74) is 0.998. The molecule has 0 fully saturated rings. The number of hydrogen-bond donors (Lipinski definition) is 3. The summed E-state index contributed by atoms with van der Waals surface area (Å²) in [7, 11) is 0. The summed E-state index contributed by atoms with van der Waals surface area (Å²) in [5, 5.41) is 8.89. The van der Waals surface area contributed by atoms with E-state index in [-0.39, 0.29) is 5.91 Å². The molecule has 0 radical (unpaired) electrons. The fraction of sp³-hybridized carbons (Fsp3) is 0.438. The van der Waals surface area contributed by atoms with Crippen LogP contribution < -0.4 is 16.0 Å². The largest absolute Gasteiger partial charge is 0.320 e. The number of carbonyl (C=O) groups excluding carboxylic acids is 1. The molecule has 0 spiro atoms. The maximum absolute atomic E-state index is 12.2. The molecule has 6 nitrogen and oxygen atoms in total. The van der Waals surface area contributed by atoms with Crippen molar-refractivity contribution in [2.75, 3.05) is 26.4 Å². The van der Waals surface area contributed by atoms with E-state index >= 15 is 0 Å². The van der Waals surface area contributed by atoms with Gasteiger partial charge in [-0.2, -0.15) is 0 Å². The van der Waals surface area contributed by atoms with Gasteiger partial charge in [-0.15, -0.1) is 6.58 Å². The fourth-order valence-corrected chi connectivity index (χ4v) is 1.36. The second-order valence-electron chi connectivity index (χ2n) is 4.22. The molecule has 0 unspecified atom stereocenters. The third-order valence-corrected chi connectivity index (χ3v) is 2.46. The Hall–Kier alpha value is -2.05. The van der Waals surface area contributed by atoms with Crippen molar-refractivity contribution in [3.05, 3.63) is 36.6 Å². The summed E-state index contributed by atoms with van der Waals surface area (Å²) >= 11 is 0. The summed E-state index contributed by atoms with van der Waals surface area (Å²) in [6, 6.07) is 0. The highest BCUT2D eigenvalue weighted by Crippen LogP contribution is 1.90. The molecule has 0 rings (SSSR count). The van der Waals surface area contributed by atoms with E-state index in [0.717, 1.165) is 6.54 Å². The molecule has 1 amide bonds. The van der Waals surface area contributed by atoms with Gasteiger partial charge < -0.3 is 5.32 Å². The molecule has 0 aromatic rings. The van der Waals surface area contributed by atoms with E-state index in [1.165, 1.54) is 0 Å². The van der Waals surface area contributed by atoms with Crippen LogP contribution in [0.1, 0.15) is 20.8 Å². The Kier molecular flexibility index (Phi) is 12.6. The van der Waals surface area contributed by atoms with E-state index < -0.39 is 0 Å². The molecule has 122 valence electrons. The molecule has 0 aromatic heterocycles. The molecule has 0 aliphatic rings. The average Bonchev–Trinajstić information content (AvgIpc) is 2.53. The standard InChI is InChI=1S/C16H27N5O/c1-5-9-15(20-13-18-10-6-2)16(22)21-14(7-3)11-19-12-17-8-4/h5-7,9,11,17-18H,2,8,10,12-13H2,1,3-4H3,(H,21,22)/b9-5-,14-7+,19-11-,20-15+. The number of hydrogen-bond acceptors (Lipinski definition) is 5. The van der Waals surface area contributed by atoms with Crippen molar-refractivity contribution in [1.82, 2.24) is 16.0 Å². The van der Waals surface area contributed by atoms with Crippen molar-refractivity contribution in [2.45, 2.75) is 20.8 Å². The first kappa shape index (κ1) is 19.9. The third kappa shape index (κ3) is 9.79. The minimum atomic E-state index is -0.262. The lowest BCUT2D eigenvalue weighted by Gasteiger charge is -2.06. The maximum atomic E-state index is 12.2. The normalized spacial score (nSPS) is 13.0. The van der Waals surface area contributed by atoms with Gasteiger partial charge in [-0.05, 0) is 26.5 Å². The first-order chi connectivity index (χ1) is 10.7. The van der Waals surface area contributed by atoms with Crippen LogP contribution in [0.25, 0.3) is 0 Å². The van der Waals surface area contributed by atoms with Crippen LogP contribution in [0.15, 0.2) is 46.6 Å². The molecule has 3 N–H and O–H groups in total. The number of rotatable bonds is 11. The highest BCUT2D eigenvalue weighted by Gasteiger charge is 2.08. The lowest BCUT2D eigenvalue weighted by atomic mass is 10.3. The number of carbonyl (C=O) groups is 1. The average molecular weight is 305 g/mol. The second-order valence-corrected chi connectivity index (χ2v) is 4.22. The van der Waals surface area contributed by atoms with E-state index in [2.05, 4.69) is 32.5 Å². The van der Waals surface area contributed by atoms with Gasteiger partial charge in [-0.25, -0.2) is 0 Å². The topological polar surface area (TPSA) is 77.9 Å². The second kappa shape index (κ2) is 13.9. The van der Waals surface area contributed by atoms with Crippen molar-refractivity contribution in [3.63, 3.8) is 0 Å². The summed E-state index contributed by atoms with van der Waals surface area (Å²) in [4.78, 5) is 20.6. The molecular formula is C16H27N5O. The van der Waals surface area contributed by atoms with E-state index in [1.807, 2.05) is 20.8 Å². The Bertz CT molecular complexity index is 449. The summed E-state index contributed by atoms with van der Waals surface area (Å²) < 4.78 is 0. The SMILES string of the molecule is C=CCNC/N=C(\C=C/C)C(=O)NC(/C=N\CNCC)=C/C. The molecule has 0 aromatic carbocycles. The minimum Gasteiger partial charge on any atom is -0.320 e. The third-order valence-electron chi connectivity index (χ3n) is 2.46. The first-order valence-electron chi connectivity index (χ1n) is 7.36. The van der Waals surface area contributed by atoms with Crippen LogP contribution in [-0.2, 0) is 4.79 Å². The van der Waals surface area contributed by atoms with Crippen molar-refractivity contribution in [3.8, 4) is 0 Å². The zero-order valence-electron chi connectivity index (χ0n) is 13.7. The molecule has 0 saturated carbocycles. The quantitative estimate of drug-likeness (QED) is 0.307. The molecule has 0 saturated heterocycles. The van der Waals surface area contributed by atoms with Gasteiger partial charge in [0.05, 0.1) is 19.0 Å². The molecular weight excluding hydrogens is 278 g/mol. The molecule has 22 heavy (non-hydrogen) atoms. The highest BCUT2D eigenvalue weighted by molar-refractivity contribution is 6.44. The maximum Gasteiger partial charge on any atom is 0.273 e. The van der Waals surface area contributed by atoms with E-state index in [4.69, 9.17) is 0 Å². The summed E-state index contributed by atoms with van der Waals surface area (Å²) in [6.45, 7) is 11.7. The molecule has 0 aliphatic heterocycles. The predicted octanol–water partition coefficient (Wildman–Crippen LogP) is 1.39. The Morgan fingerprint density at radius 1 is 1.23 bits per heavy atom. The number of aliphatic imine (C=N–C) groups is 2. The summed E-state index contributed by atoms with van der Waals surface area (Å²) in [5.74, 6) is -0.262. The van der Waals surface area contributed by atoms with Gasteiger partial charge in [0.25, 0.3) is 5.91 Å². The summed E-state index contributed by atoms with van der Waals surface area (Å²) in [6.07, 6.45) is 8.61. The van der Waals surface area contributed by atoms with Gasteiger partial charge in [0.15, 0.2) is 0 Å². The van der Waals surface area contributed by atoms with Gasteiger partial charge in [0, 0.05) is 12.8 Å². The van der Waals surface area contributed by atoms with Crippen LogP contribution in [0.2, 0.25) is 0 Å². The smallest absolute Gasteiger partial charge is 0.273 e. The number of nitrogens with one attached hydrogen (secondary N) is 3. The van der Waals surface area contributed by atoms with Crippen LogP contribution in [0.4, 0.5) is 0 Å². The van der Waals surface area contributed by atoms with Gasteiger partial charge in [0.2, 0.25) is 0 Å². The Morgan fingerprint density at radius 3 is 2.59 bits per heavy atom. The fourth-order valence-electron chi connectivity index (χ4n) is 1.36. The van der Waals surface area contributed by atoms with E-state index in [0.29, 0.717) is 31.3 Å². The molecule has 0 aliphatic carbocycles. The van der Waals surface area contributed by atoms with Crippen LogP contribution in [0.5, 0.6) is 0 Å². The number of nitrogens with zero attached hydrogens (tertiary/aromatic N) is 2. The Morgan fingerprint density at radius 2 is 2.00 bits per heavy atom. The molecule has 0 bridgehead atoms. The number of amides is 1. The van der Waals surface area contributed by atoms with Crippen molar-refractivity contribution in [2.24, 2.45) is 9.98 Å². The first-order valence-corrected chi connectivity index (χ1v) is 7.36. The van der Waals surface area contributed by atoms with Gasteiger partial charge in [0.1, 0.15) is 5.71 Å². The highest BCUT2D eigenvalue weighted by atomic mass is 16.1. The monoisotopic (exact) mass is 305 g/mol. The van der Waals surface area contributed by atoms with Crippen LogP contribution in [0.3, 0.4) is 0 Å². The Labute approximate surface area is 133 Å². The van der Waals surface area contributed by atoms with Crippen LogP contribution in [-0.4, -0.2) is 44.3 Å². The lowest BCUT2D eigenvalue weighted by Crippen LogP contribution is -2.31. The van der Waals surface area contributed by atoms with Crippen LogP contribution in [0, 0.1) is 0 Å². The van der Waals surface area contributed by atoms with E-state index in [9.17, 15) is 4.79 Å². The molecule has 0 atom stereocenters. The van der Waals surface area contributed by atoms with Crippen LogP contribution >= 0.6 is 0 Å². The minimum absolute atomic E-state index is 0.262. The van der Waals surface area contributed by atoms with Gasteiger partial charge in [-0.3, -0.25) is 25.4 Å². The molecule has 0 heterocycles.